The van der Waals surface area contributed by atoms with Gasteiger partial charge in [0, 0.05) is 161 Å². The Kier molecular flexibility index (Phi) is 22.7. The number of esters is 4. The number of methoxy groups -OCH3 is 4. The second-order valence-corrected chi connectivity index (χ2v) is 29.6. The zero-order valence-electron chi connectivity index (χ0n) is 67.3. The lowest BCUT2D eigenvalue weighted by molar-refractivity contribution is -0.143. The number of hydrogen-bond acceptors (Lipinski definition) is 14. The summed E-state index contributed by atoms with van der Waals surface area (Å²) in [6.07, 6.45) is 14.8. The highest BCUT2D eigenvalue weighted by Gasteiger charge is 2.31. The van der Waals surface area contributed by atoms with Crippen molar-refractivity contribution in [3.05, 3.63) is 288 Å². The summed E-state index contributed by atoms with van der Waals surface area (Å²) in [6, 6.07) is 58.9. The minimum atomic E-state index is -1.15. The van der Waals surface area contributed by atoms with Crippen LogP contribution in [-0.4, -0.2) is 140 Å². The number of nitrogens with zero attached hydrogens (tertiary/aromatic N) is 2. The van der Waals surface area contributed by atoms with E-state index in [2.05, 4.69) is 72.4 Å². The Balaban J connectivity index is 0.848. The first-order valence-electron chi connectivity index (χ1n) is 39.9. The second kappa shape index (κ2) is 35.2. The minimum Gasteiger partial charge on any atom is -0.467 e. The molecule has 2 aliphatic heterocycles. The topological polar surface area (TPSA) is 390 Å². The van der Waals surface area contributed by atoms with Gasteiger partial charge in [0.1, 0.15) is 24.2 Å². The van der Waals surface area contributed by atoms with Gasteiger partial charge < -0.3 is 91.4 Å². The molecular formula is C96H82N16O12. The Morgan fingerprint density at radius 3 is 0.710 bits per heavy atom. The predicted molar refractivity (Wildman–Crippen MR) is 480 cm³/mol. The van der Waals surface area contributed by atoms with Crippen molar-refractivity contribution in [1.82, 2.24) is 61.1 Å². The van der Waals surface area contributed by atoms with Gasteiger partial charge in [-0.2, -0.15) is 0 Å². The molecule has 8 bridgehead atoms. The Bertz CT molecular complexity index is 6170. The number of amides is 8. The highest BCUT2D eigenvalue weighted by atomic mass is 16.5. The number of ether oxygens (including phenoxy) is 4. The zero-order chi connectivity index (χ0) is 85.5. The summed E-state index contributed by atoms with van der Waals surface area (Å²) in [5.41, 5.74) is 14.6. The monoisotopic (exact) mass is 1650 g/mol. The van der Waals surface area contributed by atoms with Crippen molar-refractivity contribution in [3.8, 4) is 44.5 Å². The van der Waals surface area contributed by atoms with Crippen LogP contribution in [0.4, 0.5) is 41.9 Å². The van der Waals surface area contributed by atoms with Crippen LogP contribution in [0.15, 0.2) is 243 Å². The number of carbonyl (C=O) groups excluding carboxylic acids is 8. The van der Waals surface area contributed by atoms with Crippen molar-refractivity contribution < 1.29 is 57.3 Å². The highest BCUT2D eigenvalue weighted by molar-refractivity contribution is 6.09. The number of carbonyl (C=O) groups is 8. The van der Waals surface area contributed by atoms with Crippen molar-refractivity contribution in [1.29, 1.82) is 0 Å². The number of H-pyrrole nitrogens is 6. The van der Waals surface area contributed by atoms with Crippen LogP contribution in [-0.2, 0) is 63.8 Å². The third-order valence-corrected chi connectivity index (χ3v) is 22.1. The Morgan fingerprint density at radius 2 is 0.484 bits per heavy atom. The number of rotatable bonds is 24. The number of urea groups is 4. The molecule has 8 amide bonds. The van der Waals surface area contributed by atoms with Crippen molar-refractivity contribution in [3.63, 3.8) is 0 Å². The summed E-state index contributed by atoms with van der Waals surface area (Å²) in [7, 11) is 5.03. The number of aromatic amines is 6. The number of anilines is 4. The molecule has 15 aromatic rings. The van der Waals surface area contributed by atoms with E-state index in [0.717, 1.165) is 65.9 Å². The van der Waals surface area contributed by atoms with E-state index in [1.54, 1.807) is 73.3 Å². The third-order valence-electron chi connectivity index (χ3n) is 22.1. The van der Waals surface area contributed by atoms with Crippen molar-refractivity contribution in [2.45, 2.75) is 49.9 Å². The molecule has 0 saturated carbocycles. The Hall–Kier alpha value is -16.5. The van der Waals surface area contributed by atoms with Gasteiger partial charge in [-0.25, -0.2) is 48.3 Å². The number of para-hydroxylation sites is 8. The summed E-state index contributed by atoms with van der Waals surface area (Å²) in [5, 5.41) is 27.3. The van der Waals surface area contributed by atoms with Gasteiger partial charge in [-0.05, 0) is 119 Å². The van der Waals surface area contributed by atoms with Gasteiger partial charge in [0.2, 0.25) is 0 Å². The normalized spacial score (nSPS) is 12.5. The van der Waals surface area contributed by atoms with Crippen molar-refractivity contribution in [2.75, 3.05) is 49.7 Å². The molecule has 124 heavy (non-hydrogen) atoms. The average Bonchev–Trinajstić information content (AvgIpc) is 1.60. The quantitative estimate of drug-likeness (QED) is 0.0198. The number of nitrogens with one attached hydrogen (secondary N) is 14. The van der Waals surface area contributed by atoms with E-state index in [-0.39, 0.29) is 25.7 Å². The molecule has 618 valence electrons. The zero-order valence-corrected chi connectivity index (χ0v) is 67.3. The highest BCUT2D eigenvalue weighted by Crippen LogP contribution is 2.44. The van der Waals surface area contributed by atoms with E-state index in [1.807, 2.05) is 194 Å². The van der Waals surface area contributed by atoms with E-state index in [9.17, 15) is 38.4 Å². The molecule has 0 saturated heterocycles. The van der Waals surface area contributed by atoms with Gasteiger partial charge in [-0.1, -0.05) is 146 Å². The summed E-state index contributed by atoms with van der Waals surface area (Å²) in [4.78, 5) is 146. The van der Waals surface area contributed by atoms with Gasteiger partial charge in [-0.3, -0.25) is 0 Å². The van der Waals surface area contributed by atoms with Crippen LogP contribution in [0.3, 0.4) is 0 Å². The molecule has 14 N–H and O–H groups in total. The maximum Gasteiger partial charge on any atom is 0.328 e. The summed E-state index contributed by atoms with van der Waals surface area (Å²) >= 11 is 0. The molecule has 0 fully saturated rings. The maximum atomic E-state index is 14.8. The molecule has 7 aromatic heterocycles. The molecule has 2 aliphatic rings. The van der Waals surface area contributed by atoms with Gasteiger partial charge in [0.15, 0.2) is 0 Å². The number of benzene rings is 8. The SMILES string of the molecule is COC(=O)[C@H](Cc1c[nH]c2ccccc12)NC(=O)Nc1ccccc1-c1c2nc(c(-c3ccccc3NC(=O)N[C@@H](Cc3c[nH]c4ccccc34)C(=O)OC)c3ccc([nH]3)c(-c3ccccc3NC(=O)N[C@@H](Cc3c[nH]c4ccccc34)C(=O)OC)c3nc(c(-c4ccccc4NC(=O)N[C@@H](Cc4c[nH]c5ccccc45)C(=O)OC)c4ccc1[nH]4)C=C3)C=C2. The van der Waals surface area contributed by atoms with Gasteiger partial charge >= 0.3 is 48.0 Å². The molecular weight excluding hydrogens is 1570 g/mol. The first kappa shape index (κ1) is 79.9. The standard InChI is InChI=1S/C96H82N16O12/c1-121-89(113)81(45-53-49-97-65-29-13-5-21-57(53)65)109-93(117)105-69-33-17-9-25-61(69)85-73-37-39-75(101-73)86(62-26-10-18-34-70(62)106-94(118)110-82(90(114)122-2)46-54-50-98-66-30-14-6-22-58(54)66)77-41-43-79(103-77)88(64-28-12-20-36-72(64)108-96(120)112-84(92(116)124-4)48-56-52-100-68-32-16-8-24-60(56)68)80-44-42-78(104-80)87(76-40-38-74(85)102-76)63-27-11-19-35-71(63)107-95(119)111-83(91(115)123-3)47-55-51-99-67-31-15-7-23-59(55)67/h5-44,49-52,81-84,97-101,104H,45-48H2,1-4H3,(H2,105,109,117)(H2,106,110,118)(H2,107,111,119)(H2,108,112,120)/t81-,82-,83-,84-/m0/s1. The molecule has 0 unspecified atom stereocenters. The van der Waals surface area contributed by atoms with E-state index in [1.165, 1.54) is 28.4 Å². The fourth-order valence-corrected chi connectivity index (χ4v) is 16.3. The van der Waals surface area contributed by atoms with E-state index < -0.39 is 72.2 Å². The molecule has 4 atom stereocenters. The second-order valence-electron chi connectivity index (χ2n) is 29.6. The molecule has 0 spiro atoms. The van der Waals surface area contributed by atoms with Crippen LogP contribution in [0.2, 0.25) is 0 Å². The summed E-state index contributed by atoms with van der Waals surface area (Å²) < 4.78 is 21.2. The fraction of sp³-hybridized carbons (Fsp3) is 0.125. The first-order chi connectivity index (χ1) is 60.5. The maximum absolute atomic E-state index is 14.8. The van der Waals surface area contributed by atoms with Gasteiger partial charge in [0.25, 0.3) is 0 Å². The minimum absolute atomic E-state index is 0.0807. The van der Waals surface area contributed by atoms with E-state index in [0.29, 0.717) is 112 Å². The molecule has 28 heteroatoms. The molecule has 8 aromatic carbocycles. The average molecular weight is 1650 g/mol. The Morgan fingerprint density at radius 1 is 0.274 bits per heavy atom. The van der Waals surface area contributed by atoms with Gasteiger partial charge in [0.05, 0.1) is 74.0 Å². The lowest BCUT2D eigenvalue weighted by Gasteiger charge is -2.18. The van der Waals surface area contributed by atoms with Crippen LogP contribution in [0.1, 0.15) is 45.0 Å². The summed E-state index contributed by atoms with van der Waals surface area (Å²) in [5.74, 6) is -2.71. The summed E-state index contributed by atoms with van der Waals surface area (Å²) in [6.45, 7) is 0. The number of hydrogen-bond donors (Lipinski definition) is 14. The predicted octanol–water partition coefficient (Wildman–Crippen LogP) is 16.9. The molecule has 0 radical (unpaired) electrons. The first-order valence-corrected chi connectivity index (χ1v) is 39.9. The molecule has 9 heterocycles. The van der Waals surface area contributed by atoms with Gasteiger partial charge in [-0.15, -0.1) is 0 Å². The van der Waals surface area contributed by atoms with Crippen LogP contribution in [0.25, 0.3) is 134 Å². The van der Waals surface area contributed by atoms with Crippen LogP contribution < -0.4 is 42.5 Å². The van der Waals surface area contributed by atoms with Crippen LogP contribution in [0, 0.1) is 0 Å². The smallest absolute Gasteiger partial charge is 0.328 e. The number of fused-ring (bicyclic) bond motifs is 12. The Labute approximate surface area is 707 Å². The molecule has 28 nitrogen and oxygen atoms in total. The number of aromatic nitrogens is 8. The van der Waals surface area contributed by atoms with Crippen molar-refractivity contribution in [2.24, 2.45) is 0 Å². The molecule has 17 rings (SSSR count). The van der Waals surface area contributed by atoms with Crippen LogP contribution in [0.5, 0.6) is 0 Å². The van der Waals surface area contributed by atoms with E-state index >= 15 is 0 Å². The fourth-order valence-electron chi connectivity index (χ4n) is 16.3. The lowest BCUT2D eigenvalue weighted by Crippen LogP contribution is -2.45. The molecule has 0 aliphatic carbocycles. The third kappa shape index (κ3) is 16.6. The lowest BCUT2D eigenvalue weighted by atomic mass is 10.0. The van der Waals surface area contributed by atoms with Crippen molar-refractivity contribution >= 4 is 161 Å². The van der Waals surface area contributed by atoms with Crippen LogP contribution >= 0.6 is 0 Å². The largest absolute Gasteiger partial charge is 0.467 e. The van der Waals surface area contributed by atoms with E-state index in [4.69, 9.17) is 28.9 Å².